The van der Waals surface area contributed by atoms with Crippen molar-refractivity contribution in [2.24, 2.45) is 0 Å². The average Bonchev–Trinajstić information content (AvgIpc) is 2.81. The number of sulfonamides is 1. The summed E-state index contributed by atoms with van der Waals surface area (Å²) in [6.07, 6.45) is 1.38. The van der Waals surface area contributed by atoms with Gasteiger partial charge in [-0.25, -0.2) is 8.42 Å². The first kappa shape index (κ1) is 27.0. The molecule has 0 aliphatic heterocycles. The number of nitrogens with one attached hydrogen (secondary N) is 1. The molecule has 9 nitrogen and oxygen atoms in total. The highest BCUT2D eigenvalue weighted by Crippen LogP contribution is 2.30. The van der Waals surface area contributed by atoms with Gasteiger partial charge in [0.1, 0.15) is 24.1 Å². The number of likely N-dealkylation sites (N-methyl/N-ethyl adjacent to an activating group) is 1. The van der Waals surface area contributed by atoms with Gasteiger partial charge in [0.2, 0.25) is 21.8 Å². The van der Waals surface area contributed by atoms with Gasteiger partial charge in [0.15, 0.2) is 0 Å². The number of hydrogen-bond donors (Lipinski definition) is 1. The Morgan fingerprint density at radius 2 is 1.74 bits per heavy atom. The Morgan fingerprint density at radius 1 is 1.03 bits per heavy atom. The van der Waals surface area contributed by atoms with Crippen LogP contribution in [0.25, 0.3) is 0 Å². The Bertz CT molecular complexity index is 1090. The number of para-hydroxylation sites is 2. The molecule has 0 aliphatic carbocycles. The van der Waals surface area contributed by atoms with Crippen LogP contribution >= 0.6 is 0 Å². The molecule has 34 heavy (non-hydrogen) atoms. The van der Waals surface area contributed by atoms with E-state index in [-0.39, 0.29) is 18.1 Å². The SMILES string of the molecule is CCNC(=O)[C@H](CC)N(Cc1cccc(OC)c1)C(=O)CN(c1ccccc1OC)S(C)(=O)=O. The molecule has 0 aromatic heterocycles. The summed E-state index contributed by atoms with van der Waals surface area (Å²) in [4.78, 5) is 27.8. The van der Waals surface area contributed by atoms with Gasteiger partial charge in [-0.3, -0.25) is 13.9 Å². The predicted octanol–water partition coefficient (Wildman–Crippen LogP) is 2.41. The zero-order valence-corrected chi connectivity index (χ0v) is 21.1. The minimum absolute atomic E-state index is 0.106. The lowest BCUT2D eigenvalue weighted by Crippen LogP contribution is -2.52. The number of ether oxygens (including phenoxy) is 2. The van der Waals surface area contributed by atoms with Crippen LogP contribution < -0.4 is 19.1 Å². The minimum atomic E-state index is -3.84. The van der Waals surface area contributed by atoms with Crippen molar-refractivity contribution in [3.05, 3.63) is 54.1 Å². The Morgan fingerprint density at radius 3 is 2.32 bits per heavy atom. The number of anilines is 1. The van der Waals surface area contributed by atoms with E-state index in [4.69, 9.17) is 9.47 Å². The zero-order valence-electron chi connectivity index (χ0n) is 20.3. The summed E-state index contributed by atoms with van der Waals surface area (Å²) in [5.74, 6) is 0.111. The Hall–Kier alpha value is -3.27. The molecule has 186 valence electrons. The van der Waals surface area contributed by atoms with E-state index in [0.717, 1.165) is 16.1 Å². The fourth-order valence-electron chi connectivity index (χ4n) is 3.61. The number of benzene rings is 2. The monoisotopic (exact) mass is 491 g/mol. The number of hydrogen-bond acceptors (Lipinski definition) is 6. The van der Waals surface area contributed by atoms with Crippen molar-refractivity contribution in [3.63, 3.8) is 0 Å². The van der Waals surface area contributed by atoms with Crippen LogP contribution in [-0.2, 0) is 26.2 Å². The summed E-state index contributed by atoms with van der Waals surface area (Å²) in [5.41, 5.74) is 0.992. The summed E-state index contributed by atoms with van der Waals surface area (Å²) in [5, 5.41) is 2.76. The Balaban J connectivity index is 2.48. The predicted molar refractivity (Wildman–Crippen MR) is 131 cm³/mol. The van der Waals surface area contributed by atoms with Gasteiger partial charge in [0, 0.05) is 13.1 Å². The van der Waals surface area contributed by atoms with E-state index in [1.807, 2.05) is 6.07 Å². The number of methoxy groups -OCH3 is 2. The summed E-state index contributed by atoms with van der Waals surface area (Å²) in [6.45, 7) is 3.63. The van der Waals surface area contributed by atoms with Crippen LogP contribution in [0, 0.1) is 0 Å². The van der Waals surface area contributed by atoms with Gasteiger partial charge >= 0.3 is 0 Å². The van der Waals surface area contributed by atoms with E-state index >= 15 is 0 Å². The number of carbonyl (C=O) groups is 2. The second kappa shape index (κ2) is 12.3. The maximum Gasteiger partial charge on any atom is 0.244 e. The lowest BCUT2D eigenvalue weighted by molar-refractivity contribution is -0.140. The van der Waals surface area contributed by atoms with Gasteiger partial charge in [0.05, 0.1) is 26.2 Å². The maximum absolute atomic E-state index is 13.6. The van der Waals surface area contributed by atoms with E-state index in [9.17, 15) is 18.0 Å². The molecule has 1 N–H and O–H groups in total. The van der Waals surface area contributed by atoms with Crippen LogP contribution in [0.5, 0.6) is 11.5 Å². The molecule has 0 unspecified atom stereocenters. The Labute approximate surface area is 201 Å². The smallest absolute Gasteiger partial charge is 0.244 e. The molecule has 10 heteroatoms. The van der Waals surface area contributed by atoms with E-state index in [2.05, 4.69) is 5.32 Å². The number of carbonyl (C=O) groups excluding carboxylic acids is 2. The number of amides is 2. The van der Waals surface area contributed by atoms with Crippen molar-refractivity contribution < 1.29 is 27.5 Å². The van der Waals surface area contributed by atoms with E-state index in [1.54, 1.807) is 63.4 Å². The molecule has 2 aromatic carbocycles. The number of rotatable bonds is 12. The van der Waals surface area contributed by atoms with E-state index in [1.165, 1.54) is 12.0 Å². The third-order valence-corrected chi connectivity index (χ3v) is 6.38. The lowest BCUT2D eigenvalue weighted by Gasteiger charge is -2.33. The molecule has 0 aliphatic rings. The lowest BCUT2D eigenvalue weighted by atomic mass is 10.1. The first-order valence-corrected chi connectivity index (χ1v) is 12.8. The third-order valence-electron chi connectivity index (χ3n) is 5.26. The largest absolute Gasteiger partial charge is 0.497 e. The zero-order chi connectivity index (χ0) is 25.3. The summed E-state index contributed by atoms with van der Waals surface area (Å²) in [6, 6.07) is 13.0. The first-order chi connectivity index (χ1) is 16.2. The molecule has 0 spiro atoms. The third kappa shape index (κ3) is 6.86. The number of nitrogens with zero attached hydrogens (tertiary/aromatic N) is 2. The average molecular weight is 492 g/mol. The standard InChI is InChI=1S/C24H33N3O6S/c1-6-20(24(29)25-7-2)26(16-18-11-10-12-19(15-18)32-3)23(28)17-27(34(5,30)31)21-13-8-9-14-22(21)33-4/h8-15,20H,6-7,16-17H2,1-5H3,(H,25,29)/t20-/m0/s1. The molecule has 0 saturated carbocycles. The van der Waals surface area contributed by atoms with Crippen molar-refractivity contribution in [3.8, 4) is 11.5 Å². The maximum atomic E-state index is 13.6. The molecule has 0 fully saturated rings. The quantitative estimate of drug-likeness (QED) is 0.489. The van der Waals surface area contributed by atoms with Gasteiger partial charge in [0.25, 0.3) is 0 Å². The van der Waals surface area contributed by atoms with Gasteiger partial charge in [-0.2, -0.15) is 0 Å². The van der Waals surface area contributed by atoms with Gasteiger partial charge in [-0.05, 0) is 43.2 Å². The minimum Gasteiger partial charge on any atom is -0.497 e. The molecule has 2 aromatic rings. The van der Waals surface area contributed by atoms with Crippen molar-refractivity contribution in [1.29, 1.82) is 0 Å². The highest BCUT2D eigenvalue weighted by Gasteiger charge is 2.32. The van der Waals surface area contributed by atoms with Crippen molar-refractivity contribution in [2.45, 2.75) is 32.9 Å². The fraction of sp³-hybridized carbons (Fsp3) is 0.417. The molecule has 0 heterocycles. The second-order valence-corrected chi connectivity index (χ2v) is 9.54. The first-order valence-electron chi connectivity index (χ1n) is 11.0. The molecular weight excluding hydrogens is 458 g/mol. The van der Waals surface area contributed by atoms with Crippen molar-refractivity contribution in [2.75, 3.05) is 37.9 Å². The molecule has 0 bridgehead atoms. The summed E-state index contributed by atoms with van der Waals surface area (Å²) >= 11 is 0. The highest BCUT2D eigenvalue weighted by atomic mass is 32.2. The molecule has 2 amide bonds. The highest BCUT2D eigenvalue weighted by molar-refractivity contribution is 7.92. The normalized spacial score (nSPS) is 11.9. The van der Waals surface area contributed by atoms with Crippen LogP contribution in [0.1, 0.15) is 25.8 Å². The van der Waals surface area contributed by atoms with Gasteiger partial charge < -0.3 is 19.7 Å². The van der Waals surface area contributed by atoms with Crippen molar-refractivity contribution >= 4 is 27.5 Å². The van der Waals surface area contributed by atoms with Crippen LogP contribution in [0.3, 0.4) is 0 Å². The molecule has 1 atom stereocenters. The molecule has 0 radical (unpaired) electrons. The van der Waals surface area contributed by atoms with Gasteiger partial charge in [-0.1, -0.05) is 31.2 Å². The van der Waals surface area contributed by atoms with Crippen molar-refractivity contribution in [1.82, 2.24) is 10.2 Å². The second-order valence-electron chi connectivity index (χ2n) is 7.63. The molecular formula is C24H33N3O6S. The van der Waals surface area contributed by atoms with Crippen LogP contribution in [0.4, 0.5) is 5.69 Å². The van der Waals surface area contributed by atoms with Crippen LogP contribution in [0.15, 0.2) is 48.5 Å². The summed E-state index contributed by atoms with van der Waals surface area (Å²) in [7, 11) is -0.867. The van der Waals surface area contributed by atoms with Crippen LogP contribution in [-0.4, -0.2) is 64.7 Å². The van der Waals surface area contributed by atoms with E-state index < -0.39 is 28.5 Å². The van der Waals surface area contributed by atoms with E-state index in [0.29, 0.717) is 24.5 Å². The van der Waals surface area contributed by atoms with Crippen LogP contribution in [0.2, 0.25) is 0 Å². The molecule has 2 rings (SSSR count). The Kier molecular flexibility index (Phi) is 9.73. The summed E-state index contributed by atoms with van der Waals surface area (Å²) < 4.78 is 36.9. The molecule has 0 saturated heterocycles. The van der Waals surface area contributed by atoms with Gasteiger partial charge in [-0.15, -0.1) is 0 Å². The topological polar surface area (TPSA) is 105 Å². The fourth-order valence-corrected chi connectivity index (χ4v) is 4.46.